The largest absolute Gasteiger partial charge is 0.417 e. The van der Waals surface area contributed by atoms with Crippen molar-refractivity contribution in [3.63, 3.8) is 0 Å². The Labute approximate surface area is 203 Å². The molecule has 3 heterocycles. The van der Waals surface area contributed by atoms with E-state index in [4.69, 9.17) is 0 Å². The number of fused-ring (bicyclic) bond motifs is 1. The molecule has 0 spiro atoms. The normalized spacial score (nSPS) is 14.3. The molecule has 1 saturated carbocycles. The van der Waals surface area contributed by atoms with Crippen molar-refractivity contribution in [1.29, 1.82) is 5.26 Å². The number of carbonyl (C=O) groups excluding carboxylic acids is 1. The number of carbonyl (C=O) groups is 1. The van der Waals surface area contributed by atoms with Crippen molar-refractivity contribution >= 4 is 28.6 Å². The topological polar surface area (TPSA) is 111 Å². The summed E-state index contributed by atoms with van der Waals surface area (Å²) in [7, 11) is 0. The SMILES string of the molecule is C[C@H](c1ccc(NC(=O)C2CC2)cc1)N(C#N)c1nccc(-c2c[nH]c3ncc(C(F)(F)F)cc23)n1. The number of anilines is 2. The number of rotatable bonds is 6. The van der Waals surface area contributed by atoms with Gasteiger partial charge in [0.1, 0.15) is 5.65 Å². The van der Waals surface area contributed by atoms with Gasteiger partial charge in [-0.15, -0.1) is 0 Å². The van der Waals surface area contributed by atoms with Gasteiger partial charge >= 0.3 is 6.18 Å². The van der Waals surface area contributed by atoms with Crippen LogP contribution >= 0.6 is 0 Å². The van der Waals surface area contributed by atoms with Crippen molar-refractivity contribution in [3.8, 4) is 17.5 Å². The van der Waals surface area contributed by atoms with Gasteiger partial charge in [-0.25, -0.2) is 19.9 Å². The molecule has 8 nitrogen and oxygen atoms in total. The van der Waals surface area contributed by atoms with Crippen LogP contribution in [-0.2, 0) is 11.0 Å². The molecule has 36 heavy (non-hydrogen) atoms. The van der Waals surface area contributed by atoms with Gasteiger partial charge in [0.25, 0.3) is 0 Å². The quantitative estimate of drug-likeness (QED) is 0.275. The van der Waals surface area contributed by atoms with Gasteiger partial charge in [0.15, 0.2) is 6.19 Å². The molecule has 0 radical (unpaired) electrons. The third-order valence-electron chi connectivity index (χ3n) is 6.10. The van der Waals surface area contributed by atoms with E-state index in [1.54, 1.807) is 18.2 Å². The number of pyridine rings is 1. The number of benzene rings is 1. The molecule has 1 aromatic carbocycles. The molecule has 0 bridgehead atoms. The summed E-state index contributed by atoms with van der Waals surface area (Å²) in [6.45, 7) is 1.81. The predicted octanol–water partition coefficient (Wildman–Crippen LogP) is 5.44. The van der Waals surface area contributed by atoms with E-state index >= 15 is 0 Å². The zero-order valence-electron chi connectivity index (χ0n) is 19.0. The van der Waals surface area contributed by atoms with Crippen LogP contribution in [0.15, 0.2) is 55.0 Å². The lowest BCUT2D eigenvalue weighted by Crippen LogP contribution is -2.23. The van der Waals surface area contributed by atoms with E-state index in [9.17, 15) is 23.2 Å². The summed E-state index contributed by atoms with van der Waals surface area (Å²) in [5, 5.41) is 13.0. The summed E-state index contributed by atoms with van der Waals surface area (Å²) in [4.78, 5) is 28.7. The molecule has 11 heteroatoms. The Balaban J connectivity index is 1.41. The van der Waals surface area contributed by atoms with Crippen LogP contribution in [-0.4, -0.2) is 25.8 Å². The number of nitriles is 1. The Morgan fingerprint density at radius 1 is 1.22 bits per heavy atom. The molecule has 1 atom stereocenters. The van der Waals surface area contributed by atoms with Crippen LogP contribution in [0.3, 0.4) is 0 Å². The summed E-state index contributed by atoms with van der Waals surface area (Å²) < 4.78 is 39.6. The fourth-order valence-electron chi connectivity index (χ4n) is 3.87. The predicted molar refractivity (Wildman–Crippen MR) is 126 cm³/mol. The number of aromatic nitrogens is 4. The monoisotopic (exact) mass is 491 g/mol. The van der Waals surface area contributed by atoms with Crippen molar-refractivity contribution in [2.24, 2.45) is 5.92 Å². The fraction of sp³-hybridized carbons (Fsp3) is 0.240. The minimum atomic E-state index is -4.53. The van der Waals surface area contributed by atoms with E-state index in [1.165, 1.54) is 17.3 Å². The molecule has 4 aromatic rings. The van der Waals surface area contributed by atoms with Crippen LogP contribution in [0.4, 0.5) is 24.8 Å². The number of nitrogens with one attached hydrogen (secondary N) is 2. The van der Waals surface area contributed by atoms with Gasteiger partial charge in [-0.1, -0.05) is 12.1 Å². The highest BCUT2D eigenvalue weighted by molar-refractivity contribution is 5.94. The molecule has 3 aromatic heterocycles. The van der Waals surface area contributed by atoms with Gasteiger partial charge in [-0.3, -0.25) is 4.79 Å². The van der Waals surface area contributed by atoms with Crippen LogP contribution < -0.4 is 10.2 Å². The highest BCUT2D eigenvalue weighted by Crippen LogP contribution is 2.35. The number of H-pyrrole nitrogens is 1. The van der Waals surface area contributed by atoms with Crippen LogP contribution in [0, 0.1) is 17.4 Å². The smallest absolute Gasteiger partial charge is 0.345 e. The average molecular weight is 491 g/mol. The second-order valence-electron chi connectivity index (χ2n) is 8.59. The summed E-state index contributed by atoms with van der Waals surface area (Å²) in [6.07, 6.45) is 3.14. The van der Waals surface area contributed by atoms with Crippen molar-refractivity contribution in [1.82, 2.24) is 19.9 Å². The molecule has 2 N–H and O–H groups in total. The molecule has 0 aliphatic heterocycles. The van der Waals surface area contributed by atoms with E-state index in [-0.39, 0.29) is 28.8 Å². The Morgan fingerprint density at radius 2 is 1.97 bits per heavy atom. The van der Waals surface area contributed by atoms with Gasteiger partial charge in [0.2, 0.25) is 11.9 Å². The summed E-state index contributed by atoms with van der Waals surface area (Å²) >= 11 is 0. The number of hydrogen-bond donors (Lipinski definition) is 2. The van der Waals surface area contributed by atoms with Gasteiger partial charge in [0.05, 0.1) is 17.3 Å². The first kappa shape index (κ1) is 23.3. The third-order valence-corrected chi connectivity index (χ3v) is 6.10. The van der Waals surface area contributed by atoms with Crippen LogP contribution in [0.2, 0.25) is 0 Å². The zero-order chi connectivity index (χ0) is 25.4. The molecule has 1 amide bonds. The van der Waals surface area contributed by atoms with Crippen molar-refractivity contribution in [3.05, 3.63) is 66.1 Å². The lowest BCUT2D eigenvalue weighted by Gasteiger charge is -2.22. The molecule has 0 saturated heterocycles. The second kappa shape index (κ2) is 8.96. The van der Waals surface area contributed by atoms with Crippen LogP contribution in [0.1, 0.15) is 36.9 Å². The molecule has 182 valence electrons. The van der Waals surface area contributed by atoms with E-state index in [0.717, 1.165) is 30.7 Å². The summed E-state index contributed by atoms with van der Waals surface area (Å²) in [6, 6.07) is 9.30. The number of halogens is 3. The molecule has 1 aliphatic carbocycles. The van der Waals surface area contributed by atoms with Gasteiger partial charge in [-0.05, 0) is 49.6 Å². The standard InChI is InChI=1S/C25H20F3N7O/c1-14(15-4-6-18(7-5-15)33-23(36)16-2-3-16)35(13-29)24-30-9-8-21(34-24)20-12-32-22-19(20)10-17(11-31-22)25(26,27)28/h4-12,14,16H,2-3H2,1H3,(H,31,32)(H,33,36)/t14-/m1/s1. The highest BCUT2D eigenvalue weighted by Gasteiger charge is 2.32. The first-order valence-corrected chi connectivity index (χ1v) is 11.2. The lowest BCUT2D eigenvalue weighted by atomic mass is 10.1. The van der Waals surface area contributed by atoms with Gasteiger partial charge < -0.3 is 10.3 Å². The summed E-state index contributed by atoms with van der Waals surface area (Å²) in [5.74, 6) is 0.201. The average Bonchev–Trinajstić information content (AvgIpc) is 3.63. The maximum atomic E-state index is 13.2. The first-order valence-electron chi connectivity index (χ1n) is 11.2. The third kappa shape index (κ3) is 4.57. The van der Waals surface area contributed by atoms with Gasteiger partial charge in [-0.2, -0.15) is 18.4 Å². The number of aromatic amines is 1. The second-order valence-corrected chi connectivity index (χ2v) is 8.59. The Morgan fingerprint density at radius 3 is 2.64 bits per heavy atom. The molecule has 1 fully saturated rings. The molecule has 5 rings (SSSR count). The molecule has 1 aliphatic rings. The zero-order valence-corrected chi connectivity index (χ0v) is 19.0. The number of alkyl halides is 3. The summed E-state index contributed by atoms with van der Waals surface area (Å²) in [5.41, 5.74) is 1.65. The minimum Gasteiger partial charge on any atom is -0.345 e. The number of hydrogen-bond acceptors (Lipinski definition) is 6. The number of nitrogens with zero attached hydrogens (tertiary/aromatic N) is 5. The van der Waals surface area contributed by atoms with E-state index < -0.39 is 17.8 Å². The Hall–Kier alpha value is -4.46. The van der Waals surface area contributed by atoms with Gasteiger partial charge in [0, 0.05) is 41.1 Å². The fourth-order valence-corrected chi connectivity index (χ4v) is 3.87. The molecular formula is C25H20F3N7O. The van der Waals surface area contributed by atoms with Crippen LogP contribution in [0.25, 0.3) is 22.3 Å². The molecule has 0 unspecified atom stereocenters. The maximum absolute atomic E-state index is 13.2. The maximum Gasteiger partial charge on any atom is 0.417 e. The Kier molecular flexibility index (Phi) is 5.80. The Bertz CT molecular complexity index is 1470. The number of amides is 1. The van der Waals surface area contributed by atoms with E-state index in [0.29, 0.717) is 16.9 Å². The van der Waals surface area contributed by atoms with Crippen molar-refractivity contribution < 1.29 is 18.0 Å². The van der Waals surface area contributed by atoms with Crippen LogP contribution in [0.5, 0.6) is 0 Å². The lowest BCUT2D eigenvalue weighted by molar-refractivity contribution is -0.137. The molecular weight excluding hydrogens is 471 g/mol. The minimum absolute atomic E-state index is 0.00880. The first-order chi connectivity index (χ1) is 17.2. The van der Waals surface area contributed by atoms with Crippen molar-refractivity contribution in [2.75, 3.05) is 10.2 Å². The van der Waals surface area contributed by atoms with E-state index in [2.05, 4.69) is 31.4 Å². The van der Waals surface area contributed by atoms with E-state index in [1.807, 2.05) is 19.1 Å². The highest BCUT2D eigenvalue weighted by atomic mass is 19.4. The van der Waals surface area contributed by atoms with Crippen molar-refractivity contribution in [2.45, 2.75) is 32.0 Å².